The molecule has 8 rings (SSSR count). The lowest BCUT2D eigenvalue weighted by Gasteiger charge is -2.39. The van der Waals surface area contributed by atoms with Crippen molar-refractivity contribution in [1.82, 2.24) is 20.0 Å². The van der Waals surface area contributed by atoms with Gasteiger partial charge in [-0.1, -0.05) is 55.5 Å². The number of rotatable bonds is 13. The van der Waals surface area contributed by atoms with Gasteiger partial charge in [0.25, 0.3) is 0 Å². The highest BCUT2D eigenvalue weighted by atomic mass is 16.3. The summed E-state index contributed by atoms with van der Waals surface area (Å²) in [6.07, 6.45) is 7.27. The molecular weight excluding hydrogens is 767 g/mol. The summed E-state index contributed by atoms with van der Waals surface area (Å²) in [7, 11) is 7.40. The highest BCUT2D eigenvalue weighted by Gasteiger charge is 2.33. The summed E-state index contributed by atoms with van der Waals surface area (Å²) < 4.78 is 0. The molecule has 324 valence electrons. The molecule has 2 saturated heterocycles. The molecule has 4 aromatic rings. The van der Waals surface area contributed by atoms with Crippen LogP contribution in [0.15, 0.2) is 84.9 Å². The molecule has 2 fully saturated rings. The van der Waals surface area contributed by atoms with Gasteiger partial charge in [-0.05, 0) is 129 Å². The Hall–Kier alpha value is -5.49. The highest BCUT2D eigenvalue weighted by Crippen LogP contribution is 2.47. The summed E-state index contributed by atoms with van der Waals surface area (Å²) in [5.41, 5.74) is 9.96. The number of aromatic hydroxyl groups is 1. The van der Waals surface area contributed by atoms with E-state index in [1.807, 2.05) is 52.5 Å². The lowest BCUT2D eigenvalue weighted by atomic mass is 9.69. The zero-order chi connectivity index (χ0) is 43.9. The van der Waals surface area contributed by atoms with Crippen molar-refractivity contribution in [2.75, 3.05) is 65.8 Å². The van der Waals surface area contributed by atoms with Crippen LogP contribution in [0.5, 0.6) is 5.75 Å². The fraction of sp³-hybridized carbons (Fsp3) is 0.420. The molecule has 0 saturated carbocycles. The second-order valence-corrected chi connectivity index (χ2v) is 17.0. The zero-order valence-corrected chi connectivity index (χ0v) is 36.4. The lowest BCUT2D eigenvalue weighted by molar-refractivity contribution is -0.124. The molecule has 61 heavy (non-hydrogen) atoms. The molecule has 3 heterocycles. The minimum atomic E-state index is -0.106. The van der Waals surface area contributed by atoms with Crippen molar-refractivity contribution in [2.24, 2.45) is 11.8 Å². The molecule has 0 bridgehead atoms. The summed E-state index contributed by atoms with van der Waals surface area (Å²) >= 11 is 0. The van der Waals surface area contributed by atoms with Crippen LogP contribution in [0, 0.1) is 11.8 Å². The van der Waals surface area contributed by atoms with Gasteiger partial charge in [-0.3, -0.25) is 24.2 Å². The van der Waals surface area contributed by atoms with Crippen molar-refractivity contribution in [2.45, 2.75) is 63.6 Å². The van der Waals surface area contributed by atoms with E-state index in [-0.39, 0.29) is 6.04 Å². The van der Waals surface area contributed by atoms with Gasteiger partial charge in [0, 0.05) is 80.9 Å². The minimum Gasteiger partial charge on any atom is -0.508 e. The molecule has 1 unspecified atom stereocenters. The first-order valence-electron chi connectivity index (χ1n) is 21.4. The summed E-state index contributed by atoms with van der Waals surface area (Å²) in [5, 5.41) is 12.7. The average Bonchev–Trinajstić information content (AvgIpc) is 3.65. The van der Waals surface area contributed by atoms with Gasteiger partial charge in [0.1, 0.15) is 18.3 Å². The van der Waals surface area contributed by atoms with E-state index in [2.05, 4.69) is 82.7 Å². The number of likely N-dealkylation sites (tertiary alicyclic amines) is 1. The van der Waals surface area contributed by atoms with Gasteiger partial charge >= 0.3 is 0 Å². The Kier molecular flexibility index (Phi) is 17.5. The van der Waals surface area contributed by atoms with E-state index in [1.165, 1.54) is 27.9 Å². The van der Waals surface area contributed by atoms with Crippen LogP contribution < -0.4 is 10.2 Å². The molecule has 11 heteroatoms. The Morgan fingerprint density at radius 3 is 1.93 bits per heavy atom. The number of phenols is 1. The predicted octanol–water partition coefficient (Wildman–Crippen LogP) is 6.36. The Bertz CT molecular complexity index is 2010. The first-order chi connectivity index (χ1) is 29.5. The fourth-order valence-corrected chi connectivity index (χ4v) is 8.84. The van der Waals surface area contributed by atoms with Gasteiger partial charge in [-0.15, -0.1) is 0 Å². The third-order valence-electron chi connectivity index (χ3n) is 12.0. The van der Waals surface area contributed by atoms with Gasteiger partial charge in [0.2, 0.25) is 6.41 Å². The number of fused-ring (bicyclic) bond motifs is 2. The molecule has 2 N–H and O–H groups in total. The summed E-state index contributed by atoms with van der Waals surface area (Å²) in [4.78, 5) is 61.0. The van der Waals surface area contributed by atoms with E-state index >= 15 is 0 Å². The zero-order valence-electron chi connectivity index (χ0n) is 36.4. The number of phenolic OH excluding ortho intramolecular Hbond substituents is 1. The third kappa shape index (κ3) is 12.3. The number of carbonyl (C=O) groups is 5. The van der Waals surface area contributed by atoms with E-state index < -0.39 is 0 Å². The molecule has 1 amide bonds. The predicted molar refractivity (Wildman–Crippen MR) is 242 cm³/mol. The third-order valence-corrected chi connectivity index (χ3v) is 12.0. The number of benzene rings is 4. The van der Waals surface area contributed by atoms with Gasteiger partial charge in [-0.2, -0.15) is 0 Å². The maximum absolute atomic E-state index is 11.0. The van der Waals surface area contributed by atoms with Crippen molar-refractivity contribution in [3.8, 4) is 5.75 Å². The molecule has 1 aliphatic carbocycles. The second kappa shape index (κ2) is 22.9. The number of aryl methyl sites for hydroxylation is 1. The van der Waals surface area contributed by atoms with Crippen LogP contribution in [0.2, 0.25) is 0 Å². The van der Waals surface area contributed by atoms with Crippen molar-refractivity contribution in [1.29, 1.82) is 0 Å². The standard InChI is InChI=1S/C26H27NO.C15H16N2O3.C7H13NO2.C2H7N/c1-18-16-27(17-18)22-10-7-20(8-11-22)26-24(19-5-3-2-4-6-19)13-9-21-15-23(28)12-14-25(21)26;18-8-14-1-12-6-16(3-11-4-17(5-11)10-20)7-13(12)2-15(14)9-19;1-8(2)7(6-10)4-3-5-9;1-3-2/h2-8,10-12,14-15,18,24,26,28H,9,13,16-17H2,1H3;1-2,8-11H,3-7H2;5-7H,3-4H2,1-2H3;3H,1-2H3/t24-,26+;;;/m1.../s1. The topological polar surface area (TPSA) is 131 Å². The Morgan fingerprint density at radius 1 is 0.787 bits per heavy atom. The normalized spacial score (nSPS) is 18.5. The molecule has 3 aliphatic heterocycles. The SMILES string of the molecule is CC1CN(c2ccc([C@@H]3c4ccc(O)cc4CC[C@@H]3c3ccccc3)cc2)C1.CN(C)C(C=O)CCC=O.CNC.O=Cc1cc2c(cc1C=O)CN(CC1CN(C=O)C1)C2. The molecule has 0 radical (unpaired) electrons. The molecule has 3 atom stereocenters. The number of amides is 1. The van der Waals surface area contributed by atoms with E-state index in [0.29, 0.717) is 47.5 Å². The number of carbonyl (C=O) groups excluding carboxylic acids is 5. The van der Waals surface area contributed by atoms with Crippen LogP contribution in [0.3, 0.4) is 0 Å². The maximum atomic E-state index is 11.0. The summed E-state index contributed by atoms with van der Waals surface area (Å²) in [5.74, 6) is 2.51. The number of aldehydes is 4. The van der Waals surface area contributed by atoms with E-state index in [1.54, 1.807) is 9.80 Å². The van der Waals surface area contributed by atoms with Gasteiger partial charge in [0.05, 0.1) is 6.04 Å². The molecular formula is C50H63N5O6. The lowest BCUT2D eigenvalue weighted by Crippen LogP contribution is -2.49. The smallest absolute Gasteiger partial charge is 0.209 e. The van der Waals surface area contributed by atoms with Crippen LogP contribution in [0.4, 0.5) is 5.69 Å². The minimum absolute atomic E-state index is 0.106. The molecule has 0 spiro atoms. The molecule has 11 nitrogen and oxygen atoms in total. The average molecular weight is 830 g/mol. The summed E-state index contributed by atoms with van der Waals surface area (Å²) in [6.45, 7) is 8.87. The second-order valence-electron chi connectivity index (χ2n) is 17.0. The van der Waals surface area contributed by atoms with Crippen LogP contribution in [0.1, 0.15) is 92.1 Å². The Morgan fingerprint density at radius 2 is 1.41 bits per heavy atom. The van der Waals surface area contributed by atoms with E-state index in [4.69, 9.17) is 0 Å². The Labute approximate surface area is 361 Å². The first kappa shape index (κ1) is 46.6. The van der Waals surface area contributed by atoms with Crippen molar-refractivity contribution >= 4 is 37.2 Å². The molecule has 4 aromatic carbocycles. The number of likely N-dealkylation sites (N-methyl/N-ethyl adjacent to an activating group) is 1. The van der Waals surface area contributed by atoms with E-state index in [9.17, 15) is 29.1 Å². The number of nitrogens with one attached hydrogen (secondary N) is 1. The number of hydrogen-bond donors (Lipinski definition) is 2. The number of nitrogens with zero attached hydrogens (tertiary/aromatic N) is 4. The van der Waals surface area contributed by atoms with Crippen molar-refractivity contribution in [3.05, 3.63) is 129 Å². The Balaban J connectivity index is 0.000000186. The van der Waals surface area contributed by atoms with Crippen LogP contribution in [-0.2, 0) is 33.9 Å². The highest BCUT2D eigenvalue weighted by molar-refractivity contribution is 5.91. The summed E-state index contributed by atoms with van der Waals surface area (Å²) in [6, 6.07) is 29.6. The van der Waals surface area contributed by atoms with E-state index in [0.717, 1.165) is 107 Å². The molecule has 4 aliphatic rings. The van der Waals surface area contributed by atoms with Crippen LogP contribution in [0.25, 0.3) is 0 Å². The van der Waals surface area contributed by atoms with Crippen LogP contribution >= 0.6 is 0 Å². The largest absolute Gasteiger partial charge is 0.508 e. The van der Waals surface area contributed by atoms with Crippen LogP contribution in [-0.4, -0.2) is 118 Å². The molecule has 0 aromatic heterocycles. The van der Waals surface area contributed by atoms with Gasteiger partial charge < -0.3 is 29.8 Å². The number of anilines is 1. The van der Waals surface area contributed by atoms with Crippen molar-refractivity contribution < 1.29 is 29.1 Å². The first-order valence-corrected chi connectivity index (χ1v) is 21.4. The maximum Gasteiger partial charge on any atom is 0.209 e. The van der Waals surface area contributed by atoms with Crippen molar-refractivity contribution in [3.63, 3.8) is 0 Å². The number of hydrogen-bond acceptors (Lipinski definition) is 10. The van der Waals surface area contributed by atoms with Gasteiger partial charge in [-0.25, -0.2) is 0 Å². The monoisotopic (exact) mass is 829 g/mol. The fourth-order valence-electron chi connectivity index (χ4n) is 8.84. The van der Waals surface area contributed by atoms with Gasteiger partial charge in [0.15, 0.2) is 12.6 Å². The quantitative estimate of drug-likeness (QED) is 0.147.